The Morgan fingerprint density at radius 3 is 2.45 bits per heavy atom. The van der Waals surface area contributed by atoms with Gasteiger partial charge in [-0.1, -0.05) is 0 Å². The van der Waals surface area contributed by atoms with Gasteiger partial charge in [-0.25, -0.2) is 24.3 Å². The zero-order valence-corrected chi connectivity index (χ0v) is 12.5. The van der Waals surface area contributed by atoms with Crippen LogP contribution in [0.3, 0.4) is 0 Å². The van der Waals surface area contributed by atoms with Crippen LogP contribution in [0.4, 0.5) is 16.2 Å². The van der Waals surface area contributed by atoms with Gasteiger partial charge in [0.2, 0.25) is 5.95 Å². The predicted octanol–water partition coefficient (Wildman–Crippen LogP) is 1.95. The molecule has 0 radical (unpaired) electrons. The fourth-order valence-electron chi connectivity index (χ4n) is 2.59. The maximum atomic E-state index is 12.9. The minimum atomic E-state index is -0.413. The van der Waals surface area contributed by atoms with E-state index in [2.05, 4.69) is 29.7 Å². The molecule has 4 rings (SSSR count). The summed E-state index contributed by atoms with van der Waals surface area (Å²) >= 11 is 1.66. The Hall–Kier alpha value is -2.35. The maximum absolute atomic E-state index is 12.9. The highest BCUT2D eigenvalue weighted by Crippen LogP contribution is 2.28. The van der Waals surface area contributed by atoms with Gasteiger partial charge in [-0.2, -0.15) is 0 Å². The molecular weight excluding hydrogens is 303 g/mol. The van der Waals surface area contributed by atoms with E-state index in [9.17, 15) is 4.39 Å². The standard InChI is InChI=1S/C14H13FN6S/c15-10-7-16-14(17-8-10)21-4-2-20(3-5-21)13-12-11(1-6-22-12)18-9-19-13/h1,6-9H,2-5H2. The lowest BCUT2D eigenvalue weighted by molar-refractivity contribution is 0.602. The van der Waals surface area contributed by atoms with Crippen molar-refractivity contribution in [2.24, 2.45) is 0 Å². The van der Waals surface area contributed by atoms with Crippen LogP contribution in [0, 0.1) is 5.82 Å². The Balaban J connectivity index is 1.52. The third-order valence-corrected chi connectivity index (χ3v) is 4.59. The van der Waals surface area contributed by atoms with Crippen LogP contribution in [0.15, 0.2) is 30.2 Å². The Bertz CT molecular complexity index is 781. The first-order chi connectivity index (χ1) is 10.8. The quantitative estimate of drug-likeness (QED) is 0.720. The smallest absolute Gasteiger partial charge is 0.225 e. The van der Waals surface area contributed by atoms with E-state index in [0.29, 0.717) is 5.95 Å². The second-order valence-electron chi connectivity index (χ2n) is 5.01. The van der Waals surface area contributed by atoms with Crippen LogP contribution < -0.4 is 9.80 Å². The van der Waals surface area contributed by atoms with Gasteiger partial charge in [0.15, 0.2) is 5.82 Å². The summed E-state index contributed by atoms with van der Waals surface area (Å²) in [6.07, 6.45) is 4.02. The molecule has 1 fully saturated rings. The number of anilines is 2. The number of fused-ring (bicyclic) bond motifs is 1. The number of nitrogens with zero attached hydrogens (tertiary/aromatic N) is 6. The molecule has 0 spiro atoms. The van der Waals surface area contributed by atoms with Crippen LogP contribution in [0.1, 0.15) is 0 Å². The van der Waals surface area contributed by atoms with E-state index in [4.69, 9.17) is 0 Å². The fourth-order valence-corrected chi connectivity index (χ4v) is 3.45. The second kappa shape index (κ2) is 5.45. The van der Waals surface area contributed by atoms with Crippen molar-refractivity contribution in [1.82, 2.24) is 19.9 Å². The van der Waals surface area contributed by atoms with Crippen LogP contribution in [0.2, 0.25) is 0 Å². The van der Waals surface area contributed by atoms with E-state index in [1.54, 1.807) is 17.7 Å². The number of hydrogen-bond donors (Lipinski definition) is 0. The van der Waals surface area contributed by atoms with Gasteiger partial charge in [-0.15, -0.1) is 11.3 Å². The van der Waals surface area contributed by atoms with Crippen LogP contribution >= 0.6 is 11.3 Å². The number of thiophene rings is 1. The van der Waals surface area contributed by atoms with Crippen LogP contribution in [0.25, 0.3) is 10.2 Å². The number of aromatic nitrogens is 4. The molecule has 6 nitrogen and oxygen atoms in total. The van der Waals surface area contributed by atoms with Gasteiger partial charge in [0.25, 0.3) is 0 Å². The van der Waals surface area contributed by atoms with Crippen LogP contribution in [-0.2, 0) is 0 Å². The molecule has 4 heterocycles. The normalized spacial score (nSPS) is 15.5. The van der Waals surface area contributed by atoms with Gasteiger partial charge in [0.05, 0.1) is 22.6 Å². The Morgan fingerprint density at radius 2 is 1.68 bits per heavy atom. The third-order valence-electron chi connectivity index (χ3n) is 3.69. The van der Waals surface area contributed by atoms with Crippen molar-refractivity contribution in [3.05, 3.63) is 36.0 Å². The molecule has 1 aliphatic rings. The van der Waals surface area contributed by atoms with Crippen molar-refractivity contribution in [2.45, 2.75) is 0 Å². The van der Waals surface area contributed by atoms with Crippen molar-refractivity contribution in [1.29, 1.82) is 0 Å². The summed E-state index contributed by atoms with van der Waals surface area (Å²) < 4.78 is 14.0. The zero-order valence-electron chi connectivity index (χ0n) is 11.7. The highest BCUT2D eigenvalue weighted by molar-refractivity contribution is 7.17. The lowest BCUT2D eigenvalue weighted by Gasteiger charge is -2.35. The average Bonchev–Trinajstić information content (AvgIpc) is 3.04. The third kappa shape index (κ3) is 2.35. The van der Waals surface area contributed by atoms with Gasteiger partial charge in [-0.3, -0.25) is 0 Å². The summed E-state index contributed by atoms with van der Waals surface area (Å²) in [5, 5.41) is 2.03. The van der Waals surface area contributed by atoms with Crippen LogP contribution in [0.5, 0.6) is 0 Å². The first kappa shape index (κ1) is 13.3. The van der Waals surface area contributed by atoms with E-state index >= 15 is 0 Å². The molecule has 0 atom stereocenters. The molecule has 0 aliphatic carbocycles. The maximum Gasteiger partial charge on any atom is 0.225 e. The van der Waals surface area contributed by atoms with Crippen LogP contribution in [-0.4, -0.2) is 46.1 Å². The zero-order chi connectivity index (χ0) is 14.9. The van der Waals surface area contributed by atoms with Crippen molar-refractivity contribution >= 4 is 33.3 Å². The summed E-state index contributed by atoms with van der Waals surface area (Å²) in [5.74, 6) is 1.15. The van der Waals surface area contributed by atoms with Gasteiger partial charge in [-0.05, 0) is 11.4 Å². The fraction of sp³-hybridized carbons (Fsp3) is 0.286. The number of rotatable bonds is 2. The molecule has 3 aromatic heterocycles. The molecule has 3 aromatic rings. The van der Waals surface area contributed by atoms with Crippen molar-refractivity contribution in [3.63, 3.8) is 0 Å². The summed E-state index contributed by atoms with van der Waals surface area (Å²) in [7, 11) is 0. The number of halogens is 1. The molecule has 112 valence electrons. The monoisotopic (exact) mass is 316 g/mol. The second-order valence-corrected chi connectivity index (χ2v) is 5.92. The van der Waals surface area contributed by atoms with Gasteiger partial charge in [0.1, 0.15) is 12.1 Å². The number of piperazine rings is 1. The highest BCUT2D eigenvalue weighted by Gasteiger charge is 2.21. The average molecular weight is 316 g/mol. The molecule has 0 saturated carbocycles. The lowest BCUT2D eigenvalue weighted by atomic mass is 10.3. The summed E-state index contributed by atoms with van der Waals surface area (Å²) in [4.78, 5) is 21.1. The van der Waals surface area contributed by atoms with Crippen molar-refractivity contribution in [3.8, 4) is 0 Å². The highest BCUT2D eigenvalue weighted by atomic mass is 32.1. The van der Waals surface area contributed by atoms with Crippen molar-refractivity contribution in [2.75, 3.05) is 36.0 Å². The molecule has 0 unspecified atom stereocenters. The minimum Gasteiger partial charge on any atom is -0.352 e. The van der Waals surface area contributed by atoms with E-state index in [1.165, 1.54) is 12.4 Å². The lowest BCUT2D eigenvalue weighted by Crippen LogP contribution is -2.47. The molecule has 0 N–H and O–H groups in total. The van der Waals surface area contributed by atoms with Gasteiger partial charge in [0, 0.05) is 26.2 Å². The Labute approximate surface area is 130 Å². The minimum absolute atomic E-state index is 0.413. The Kier molecular flexibility index (Phi) is 3.30. The topological polar surface area (TPSA) is 58.0 Å². The molecule has 0 amide bonds. The molecular formula is C14H13FN6S. The number of hydrogen-bond acceptors (Lipinski definition) is 7. The van der Waals surface area contributed by atoms with E-state index < -0.39 is 5.82 Å². The first-order valence-electron chi connectivity index (χ1n) is 6.97. The van der Waals surface area contributed by atoms with Gasteiger partial charge >= 0.3 is 0 Å². The molecule has 22 heavy (non-hydrogen) atoms. The molecule has 0 aromatic carbocycles. The predicted molar refractivity (Wildman–Crippen MR) is 83.8 cm³/mol. The van der Waals surface area contributed by atoms with E-state index in [1.807, 2.05) is 11.4 Å². The van der Waals surface area contributed by atoms with Crippen molar-refractivity contribution < 1.29 is 4.39 Å². The van der Waals surface area contributed by atoms with E-state index in [-0.39, 0.29) is 0 Å². The summed E-state index contributed by atoms with van der Waals surface area (Å²) in [5.41, 5.74) is 0.985. The molecule has 1 aliphatic heterocycles. The molecule has 1 saturated heterocycles. The first-order valence-corrected chi connectivity index (χ1v) is 7.85. The van der Waals surface area contributed by atoms with Gasteiger partial charge < -0.3 is 9.80 Å². The summed E-state index contributed by atoms with van der Waals surface area (Å²) in [6, 6.07) is 2.01. The largest absolute Gasteiger partial charge is 0.352 e. The molecule has 8 heteroatoms. The summed E-state index contributed by atoms with van der Waals surface area (Å²) in [6.45, 7) is 3.21. The SMILES string of the molecule is Fc1cnc(N2CCN(c3ncnc4ccsc34)CC2)nc1. The van der Waals surface area contributed by atoms with E-state index in [0.717, 1.165) is 42.2 Å². The molecule has 0 bridgehead atoms. The Morgan fingerprint density at radius 1 is 0.955 bits per heavy atom.